The zero-order chi connectivity index (χ0) is 14.7. The molecular weight excluding hydrogens is 268 g/mol. The molecule has 3 rings (SSSR count). The van der Waals surface area contributed by atoms with E-state index in [4.69, 9.17) is 4.42 Å². The van der Waals surface area contributed by atoms with Crippen LogP contribution in [0.2, 0.25) is 0 Å². The fraction of sp³-hybridized carbons (Fsp3) is 0.400. The number of nitrogens with zero attached hydrogens (tertiary/aromatic N) is 3. The molecule has 6 nitrogen and oxygen atoms in total. The van der Waals surface area contributed by atoms with Crippen LogP contribution >= 0.6 is 0 Å². The maximum Gasteiger partial charge on any atom is 0.287 e. The van der Waals surface area contributed by atoms with E-state index in [9.17, 15) is 4.79 Å². The Labute approximate surface area is 123 Å². The average Bonchev–Trinajstić information content (AvgIpc) is 3.16. The molecule has 0 bridgehead atoms. The molecule has 2 aromatic heterocycles. The fourth-order valence-corrected chi connectivity index (χ4v) is 2.43. The molecule has 1 aliphatic rings. The molecule has 1 amide bonds. The van der Waals surface area contributed by atoms with Gasteiger partial charge < -0.3 is 14.6 Å². The van der Waals surface area contributed by atoms with Gasteiger partial charge >= 0.3 is 0 Å². The minimum atomic E-state index is -0.237. The number of amides is 1. The number of carbonyl (C=O) groups is 1. The molecule has 0 radical (unpaired) electrons. The summed E-state index contributed by atoms with van der Waals surface area (Å²) in [6.45, 7) is 4.31. The summed E-state index contributed by atoms with van der Waals surface area (Å²) < 4.78 is 5.06. The maximum absolute atomic E-state index is 11.8. The lowest BCUT2D eigenvalue weighted by atomic mass is 10.3. The van der Waals surface area contributed by atoms with Crippen LogP contribution in [0.5, 0.6) is 0 Å². The highest BCUT2D eigenvalue weighted by molar-refractivity contribution is 5.91. The highest BCUT2D eigenvalue weighted by Gasteiger charge is 2.16. The Morgan fingerprint density at radius 3 is 2.90 bits per heavy atom. The maximum atomic E-state index is 11.8. The smallest absolute Gasteiger partial charge is 0.287 e. The van der Waals surface area contributed by atoms with E-state index in [1.54, 1.807) is 12.1 Å². The number of carbonyl (C=O) groups excluding carboxylic acids is 1. The van der Waals surface area contributed by atoms with Crippen molar-refractivity contribution in [1.82, 2.24) is 15.3 Å². The van der Waals surface area contributed by atoms with E-state index in [0.29, 0.717) is 12.3 Å². The number of furan rings is 1. The van der Waals surface area contributed by atoms with Gasteiger partial charge in [0.05, 0.1) is 18.5 Å². The van der Waals surface area contributed by atoms with Gasteiger partial charge in [-0.2, -0.15) is 0 Å². The summed E-state index contributed by atoms with van der Waals surface area (Å²) in [4.78, 5) is 23.0. The molecular formula is C15H18N4O2. The Balaban J connectivity index is 1.69. The topological polar surface area (TPSA) is 71.3 Å². The van der Waals surface area contributed by atoms with Crippen LogP contribution in [0, 0.1) is 6.92 Å². The molecule has 1 saturated heterocycles. The molecule has 1 fully saturated rings. The molecule has 0 saturated carbocycles. The van der Waals surface area contributed by atoms with Gasteiger partial charge in [0.25, 0.3) is 5.91 Å². The Morgan fingerprint density at radius 1 is 1.38 bits per heavy atom. The summed E-state index contributed by atoms with van der Waals surface area (Å²) in [7, 11) is 0. The zero-order valence-corrected chi connectivity index (χ0v) is 12.0. The standard InChI is InChI=1S/C15H18N4O2/c1-11-9-12(10-16-14(20)13-5-4-8-21-13)18-15(17-11)19-6-2-3-7-19/h4-5,8-9H,2-3,6-7,10H2,1H3,(H,16,20). The van der Waals surface area contributed by atoms with Crippen molar-refractivity contribution in [2.75, 3.05) is 18.0 Å². The van der Waals surface area contributed by atoms with Crippen molar-refractivity contribution >= 4 is 11.9 Å². The molecule has 0 aliphatic carbocycles. The molecule has 110 valence electrons. The molecule has 6 heteroatoms. The van der Waals surface area contributed by atoms with Crippen LogP contribution in [-0.4, -0.2) is 29.0 Å². The van der Waals surface area contributed by atoms with Crippen molar-refractivity contribution in [1.29, 1.82) is 0 Å². The van der Waals surface area contributed by atoms with Crippen LogP contribution in [0.25, 0.3) is 0 Å². The van der Waals surface area contributed by atoms with E-state index in [2.05, 4.69) is 20.2 Å². The predicted octanol–water partition coefficient (Wildman–Crippen LogP) is 1.91. The molecule has 3 heterocycles. The van der Waals surface area contributed by atoms with E-state index in [-0.39, 0.29) is 5.91 Å². The Morgan fingerprint density at radius 2 is 2.19 bits per heavy atom. The monoisotopic (exact) mass is 286 g/mol. The molecule has 0 atom stereocenters. The lowest BCUT2D eigenvalue weighted by molar-refractivity contribution is 0.0922. The van der Waals surface area contributed by atoms with Crippen molar-refractivity contribution in [2.45, 2.75) is 26.3 Å². The van der Waals surface area contributed by atoms with Crippen molar-refractivity contribution in [3.63, 3.8) is 0 Å². The fourth-order valence-electron chi connectivity index (χ4n) is 2.43. The van der Waals surface area contributed by atoms with Gasteiger partial charge in [0.1, 0.15) is 0 Å². The molecule has 0 aromatic carbocycles. The number of nitrogens with one attached hydrogen (secondary N) is 1. The van der Waals surface area contributed by atoms with Crippen LogP contribution < -0.4 is 10.2 Å². The Kier molecular flexibility index (Phi) is 3.85. The van der Waals surface area contributed by atoms with Crippen molar-refractivity contribution < 1.29 is 9.21 Å². The van der Waals surface area contributed by atoms with Crippen LogP contribution in [0.4, 0.5) is 5.95 Å². The number of aromatic nitrogens is 2. The first-order chi connectivity index (χ1) is 10.2. The number of rotatable bonds is 4. The van der Waals surface area contributed by atoms with Crippen LogP contribution in [0.1, 0.15) is 34.8 Å². The Hall–Kier alpha value is -2.37. The largest absolute Gasteiger partial charge is 0.459 e. The van der Waals surface area contributed by atoms with Crippen LogP contribution in [-0.2, 0) is 6.54 Å². The number of hydrogen-bond donors (Lipinski definition) is 1. The van der Waals surface area contributed by atoms with Gasteiger partial charge in [-0.05, 0) is 38.0 Å². The number of anilines is 1. The minimum Gasteiger partial charge on any atom is -0.459 e. The number of aryl methyl sites for hydroxylation is 1. The van der Waals surface area contributed by atoms with Gasteiger partial charge in [-0.1, -0.05) is 0 Å². The first kappa shape index (κ1) is 13.6. The van der Waals surface area contributed by atoms with Crippen molar-refractivity contribution in [3.8, 4) is 0 Å². The van der Waals surface area contributed by atoms with Gasteiger partial charge in [-0.15, -0.1) is 0 Å². The second kappa shape index (κ2) is 5.95. The van der Waals surface area contributed by atoms with Gasteiger partial charge in [-0.25, -0.2) is 9.97 Å². The predicted molar refractivity (Wildman–Crippen MR) is 78.1 cm³/mol. The number of hydrogen-bond acceptors (Lipinski definition) is 5. The van der Waals surface area contributed by atoms with Crippen LogP contribution in [0.3, 0.4) is 0 Å². The third-order valence-electron chi connectivity index (χ3n) is 3.46. The normalized spacial score (nSPS) is 14.4. The highest BCUT2D eigenvalue weighted by Crippen LogP contribution is 2.16. The van der Waals surface area contributed by atoms with E-state index in [0.717, 1.165) is 30.4 Å². The molecule has 0 spiro atoms. The molecule has 21 heavy (non-hydrogen) atoms. The summed E-state index contributed by atoms with van der Waals surface area (Å²) in [5, 5.41) is 2.80. The zero-order valence-electron chi connectivity index (χ0n) is 12.0. The third-order valence-corrected chi connectivity index (χ3v) is 3.46. The van der Waals surface area contributed by atoms with E-state index >= 15 is 0 Å². The summed E-state index contributed by atoms with van der Waals surface area (Å²) in [6, 6.07) is 5.22. The van der Waals surface area contributed by atoms with Gasteiger partial charge in [0, 0.05) is 18.8 Å². The molecule has 0 unspecified atom stereocenters. The van der Waals surface area contributed by atoms with E-state index in [1.165, 1.54) is 19.1 Å². The second-order valence-corrected chi connectivity index (χ2v) is 5.15. The third kappa shape index (κ3) is 3.21. The van der Waals surface area contributed by atoms with E-state index < -0.39 is 0 Å². The van der Waals surface area contributed by atoms with Gasteiger partial charge in [0.2, 0.25) is 5.95 Å². The lowest BCUT2D eigenvalue weighted by Gasteiger charge is -2.16. The summed E-state index contributed by atoms with van der Waals surface area (Å²) in [6.07, 6.45) is 3.85. The van der Waals surface area contributed by atoms with Crippen molar-refractivity contribution in [3.05, 3.63) is 41.6 Å². The quantitative estimate of drug-likeness (QED) is 0.929. The summed E-state index contributed by atoms with van der Waals surface area (Å²) in [5.74, 6) is 0.828. The Bertz CT molecular complexity index is 619. The van der Waals surface area contributed by atoms with E-state index in [1.807, 2.05) is 13.0 Å². The van der Waals surface area contributed by atoms with Gasteiger partial charge in [-0.3, -0.25) is 4.79 Å². The summed E-state index contributed by atoms with van der Waals surface area (Å²) in [5.41, 5.74) is 1.72. The SMILES string of the molecule is Cc1cc(CNC(=O)c2ccco2)nc(N2CCCC2)n1. The first-order valence-corrected chi connectivity index (χ1v) is 7.13. The molecule has 1 N–H and O–H groups in total. The van der Waals surface area contributed by atoms with Crippen molar-refractivity contribution in [2.24, 2.45) is 0 Å². The van der Waals surface area contributed by atoms with Crippen LogP contribution in [0.15, 0.2) is 28.9 Å². The van der Waals surface area contributed by atoms with Gasteiger partial charge in [0.15, 0.2) is 5.76 Å². The first-order valence-electron chi connectivity index (χ1n) is 7.13. The average molecular weight is 286 g/mol. The minimum absolute atomic E-state index is 0.237. The second-order valence-electron chi connectivity index (χ2n) is 5.15. The molecule has 1 aliphatic heterocycles. The highest BCUT2D eigenvalue weighted by atomic mass is 16.3. The summed E-state index contributed by atoms with van der Waals surface area (Å²) >= 11 is 0. The molecule has 2 aromatic rings. The lowest BCUT2D eigenvalue weighted by Crippen LogP contribution is -2.25.